The van der Waals surface area contributed by atoms with Crippen molar-refractivity contribution in [3.63, 3.8) is 0 Å². The Morgan fingerprint density at radius 2 is 2.25 bits per heavy atom. The first kappa shape index (κ1) is 21.2. The number of rotatable bonds is 9. The van der Waals surface area contributed by atoms with Gasteiger partial charge in [-0.05, 0) is 5.57 Å². The maximum Gasteiger partial charge on any atom is 0.352 e. The summed E-state index contributed by atoms with van der Waals surface area (Å²) in [6, 6.07) is 0. The van der Waals surface area contributed by atoms with Gasteiger partial charge in [-0.3, -0.25) is 4.79 Å². The van der Waals surface area contributed by atoms with Gasteiger partial charge in [0.15, 0.2) is 10.8 Å². The molecule has 2 rings (SSSR count). The number of nitrogens with zero attached hydrogens (tertiary/aromatic N) is 2. The number of thioether (sulfide) groups is 1. The minimum absolute atomic E-state index is 0.0268. The van der Waals surface area contributed by atoms with Crippen LogP contribution in [0, 0.1) is 0 Å². The number of hydrogen-bond acceptors (Lipinski definition) is 10. The van der Waals surface area contributed by atoms with Gasteiger partial charge in [0.05, 0.1) is 5.37 Å². The predicted molar refractivity (Wildman–Crippen MR) is 104 cm³/mol. The molecule has 1 aliphatic heterocycles. The number of hydrogen-bond donors (Lipinski definition) is 5. The van der Waals surface area contributed by atoms with E-state index < -0.39 is 29.8 Å². The largest absolute Gasteiger partial charge is 0.479 e. The summed E-state index contributed by atoms with van der Waals surface area (Å²) >= 11 is 2.47. The molecule has 0 saturated heterocycles. The molecule has 0 radical (unpaired) electrons. The summed E-state index contributed by atoms with van der Waals surface area (Å²) in [5.41, 5.74) is 6.04. The molecule has 11 nitrogen and oxygen atoms in total. The molecule has 1 aliphatic rings. The van der Waals surface area contributed by atoms with Crippen molar-refractivity contribution in [3.8, 4) is 0 Å². The Morgan fingerprint density at radius 1 is 1.50 bits per heavy atom. The summed E-state index contributed by atoms with van der Waals surface area (Å²) in [5.74, 6) is -2.62. The predicted octanol–water partition coefficient (Wildman–Crippen LogP) is -0.166. The van der Waals surface area contributed by atoms with Crippen LogP contribution >= 0.6 is 23.1 Å². The highest BCUT2D eigenvalue weighted by molar-refractivity contribution is 8.00. The average molecular weight is 427 g/mol. The third-order valence-electron chi connectivity index (χ3n) is 3.30. The number of carboxylic acid groups (broad SMARTS) is 2. The van der Waals surface area contributed by atoms with Gasteiger partial charge in [-0.25, -0.2) is 14.6 Å². The highest BCUT2D eigenvalue weighted by atomic mass is 32.2. The van der Waals surface area contributed by atoms with Gasteiger partial charge in [-0.1, -0.05) is 17.8 Å². The van der Waals surface area contributed by atoms with E-state index in [2.05, 4.69) is 32.2 Å². The number of carboxylic acids is 2. The summed E-state index contributed by atoms with van der Waals surface area (Å²) in [5, 5.41) is 28.1. The minimum Gasteiger partial charge on any atom is -0.479 e. The molecule has 0 spiro atoms. The second-order valence-electron chi connectivity index (χ2n) is 5.24. The molecule has 6 N–H and O–H groups in total. The van der Waals surface area contributed by atoms with Crippen molar-refractivity contribution < 1.29 is 29.4 Å². The monoisotopic (exact) mass is 427 g/mol. The van der Waals surface area contributed by atoms with Gasteiger partial charge in [0.2, 0.25) is 6.61 Å². The van der Waals surface area contributed by atoms with Crippen LogP contribution in [-0.2, 0) is 19.2 Å². The molecule has 0 aromatic carbocycles. The Morgan fingerprint density at radius 3 is 2.82 bits per heavy atom. The standard InChI is InChI=1S/C15H17N5O6S2/c1-2-7-5-27-9(19-11(7)14(24)25)3-17-13(23)12(20-26-4-10(21)22)8-6-28-15(16)18-8/h2,6,9,19H,1,3-5H2,(H2,16,18)(H,17,23)(H,21,22)(H,24,25)/b20-12-/t9-/m1/s1. The minimum atomic E-state index is -1.25. The quantitative estimate of drug-likeness (QED) is 0.263. The van der Waals surface area contributed by atoms with Crippen molar-refractivity contribution in [1.29, 1.82) is 0 Å². The van der Waals surface area contributed by atoms with Gasteiger partial charge in [-0.15, -0.1) is 23.1 Å². The molecule has 1 aromatic rings. The van der Waals surface area contributed by atoms with Crippen molar-refractivity contribution in [2.45, 2.75) is 5.37 Å². The highest BCUT2D eigenvalue weighted by Gasteiger charge is 2.25. The molecule has 0 saturated carbocycles. The van der Waals surface area contributed by atoms with E-state index in [1.165, 1.54) is 23.2 Å². The third-order valence-corrected chi connectivity index (χ3v) is 5.14. The van der Waals surface area contributed by atoms with Crippen LogP contribution in [0.25, 0.3) is 0 Å². The highest BCUT2D eigenvalue weighted by Crippen LogP contribution is 2.22. The fourth-order valence-electron chi connectivity index (χ4n) is 2.05. The number of aliphatic carboxylic acids is 2. The molecule has 28 heavy (non-hydrogen) atoms. The van der Waals surface area contributed by atoms with E-state index in [1.54, 1.807) is 0 Å². The molecule has 0 aliphatic carbocycles. The number of anilines is 1. The molecule has 1 amide bonds. The lowest BCUT2D eigenvalue weighted by molar-refractivity contribution is -0.142. The van der Waals surface area contributed by atoms with E-state index >= 15 is 0 Å². The Kier molecular flexibility index (Phi) is 7.40. The number of carbonyl (C=O) groups is 3. The van der Waals surface area contributed by atoms with E-state index in [4.69, 9.17) is 10.8 Å². The number of nitrogens with one attached hydrogen (secondary N) is 2. The first-order valence-electron chi connectivity index (χ1n) is 7.70. The molecule has 150 valence electrons. The van der Waals surface area contributed by atoms with E-state index in [9.17, 15) is 19.5 Å². The molecule has 1 aromatic heterocycles. The smallest absolute Gasteiger partial charge is 0.352 e. The van der Waals surface area contributed by atoms with Crippen molar-refractivity contribution in [2.24, 2.45) is 5.16 Å². The van der Waals surface area contributed by atoms with Crippen molar-refractivity contribution in [3.05, 3.63) is 35.0 Å². The summed E-state index contributed by atoms with van der Waals surface area (Å²) in [4.78, 5) is 42.9. The maximum atomic E-state index is 12.5. The summed E-state index contributed by atoms with van der Waals surface area (Å²) in [6.45, 7) is 2.93. The van der Waals surface area contributed by atoms with Crippen LogP contribution in [0.3, 0.4) is 0 Å². The van der Waals surface area contributed by atoms with Crippen LogP contribution in [-0.4, -0.2) is 63.0 Å². The molecule has 2 heterocycles. The first-order chi connectivity index (χ1) is 13.3. The van der Waals surface area contributed by atoms with Gasteiger partial charge in [0.25, 0.3) is 5.91 Å². The second kappa shape index (κ2) is 9.75. The molecular formula is C15H17N5O6S2. The molecule has 13 heteroatoms. The third kappa shape index (κ3) is 5.72. The van der Waals surface area contributed by atoms with Crippen LogP contribution < -0.4 is 16.4 Å². The lowest BCUT2D eigenvalue weighted by Gasteiger charge is -2.26. The summed E-state index contributed by atoms with van der Waals surface area (Å²) in [7, 11) is 0. The Bertz CT molecular complexity index is 850. The zero-order chi connectivity index (χ0) is 20.7. The molecule has 0 fully saturated rings. The fraction of sp³-hybridized carbons (Fsp3) is 0.267. The molecule has 0 bridgehead atoms. The van der Waals surface area contributed by atoms with E-state index in [-0.39, 0.29) is 28.8 Å². The zero-order valence-electron chi connectivity index (χ0n) is 14.4. The van der Waals surface area contributed by atoms with E-state index in [0.29, 0.717) is 11.3 Å². The number of aromatic nitrogens is 1. The van der Waals surface area contributed by atoms with Crippen molar-refractivity contribution in [2.75, 3.05) is 24.6 Å². The average Bonchev–Trinajstić information content (AvgIpc) is 3.08. The van der Waals surface area contributed by atoms with Gasteiger partial charge < -0.3 is 31.4 Å². The number of nitrogen functional groups attached to an aromatic ring is 1. The number of thiazole rings is 1. The Labute approximate surface area is 167 Å². The molecular weight excluding hydrogens is 410 g/mol. The van der Waals surface area contributed by atoms with Gasteiger partial charge in [-0.2, -0.15) is 0 Å². The van der Waals surface area contributed by atoms with Crippen molar-refractivity contribution >= 4 is 51.8 Å². The molecule has 0 unspecified atom stereocenters. The van der Waals surface area contributed by atoms with Crippen LogP contribution in [0.15, 0.2) is 34.5 Å². The first-order valence-corrected chi connectivity index (χ1v) is 9.63. The van der Waals surface area contributed by atoms with Crippen LogP contribution in [0.5, 0.6) is 0 Å². The summed E-state index contributed by atoms with van der Waals surface area (Å²) in [6.07, 6.45) is 1.47. The van der Waals surface area contributed by atoms with Crippen molar-refractivity contribution in [1.82, 2.24) is 15.6 Å². The van der Waals surface area contributed by atoms with Crippen LogP contribution in [0.1, 0.15) is 5.69 Å². The lowest BCUT2D eigenvalue weighted by atomic mass is 10.2. The van der Waals surface area contributed by atoms with Crippen LogP contribution in [0.2, 0.25) is 0 Å². The van der Waals surface area contributed by atoms with Gasteiger partial charge in [0, 0.05) is 17.7 Å². The number of amides is 1. The topological polar surface area (TPSA) is 176 Å². The fourth-order valence-corrected chi connectivity index (χ4v) is 3.64. The van der Waals surface area contributed by atoms with E-state index in [1.807, 2.05) is 0 Å². The summed E-state index contributed by atoms with van der Waals surface area (Å²) < 4.78 is 0. The molecule has 1 atom stereocenters. The van der Waals surface area contributed by atoms with Crippen LogP contribution in [0.4, 0.5) is 5.13 Å². The number of nitrogens with two attached hydrogens (primary N) is 1. The van der Waals surface area contributed by atoms with E-state index in [0.717, 1.165) is 11.3 Å². The Hall–Kier alpha value is -3.06. The van der Waals surface area contributed by atoms with Gasteiger partial charge in [0.1, 0.15) is 11.4 Å². The Balaban J connectivity index is 2.05. The maximum absolute atomic E-state index is 12.5. The normalized spacial score (nSPS) is 16.9. The number of allylic oxidation sites excluding steroid dienone is 1. The van der Waals surface area contributed by atoms with Gasteiger partial charge >= 0.3 is 11.9 Å². The lowest BCUT2D eigenvalue weighted by Crippen LogP contribution is -2.44. The number of oxime groups is 1. The number of carbonyl (C=O) groups excluding carboxylic acids is 1. The second-order valence-corrected chi connectivity index (χ2v) is 7.32. The SMILES string of the molecule is C=CC1=C(C(=O)O)N[C@@H](CNC(=O)/C(=N\OCC(=O)O)c2csc(N)n2)SC1. The zero-order valence-corrected chi connectivity index (χ0v) is 16.0.